The smallest absolute Gasteiger partial charge is 0.236 e. The summed E-state index contributed by atoms with van der Waals surface area (Å²) in [6, 6.07) is 0. The minimum absolute atomic E-state index is 0.215. The van der Waals surface area contributed by atoms with Gasteiger partial charge in [0.05, 0.1) is 12.1 Å². The lowest BCUT2D eigenvalue weighted by Crippen LogP contribution is -2.66. The van der Waals surface area contributed by atoms with Gasteiger partial charge < -0.3 is 10.0 Å². The van der Waals surface area contributed by atoms with Crippen LogP contribution >= 0.6 is 0 Å². The van der Waals surface area contributed by atoms with Crippen LogP contribution in [0.1, 0.15) is 20.3 Å². The SMILES string of the molecule is CC(C)C1(O)CN(CC(=O)N2CCC2)C1. The number of hydrogen-bond acceptors (Lipinski definition) is 3. The van der Waals surface area contributed by atoms with Gasteiger partial charge in [0.2, 0.25) is 5.91 Å². The van der Waals surface area contributed by atoms with Crippen molar-refractivity contribution in [1.29, 1.82) is 0 Å². The molecule has 1 amide bonds. The third-order valence-corrected chi connectivity index (χ3v) is 3.64. The van der Waals surface area contributed by atoms with E-state index in [0.717, 1.165) is 19.5 Å². The zero-order valence-electron chi connectivity index (χ0n) is 9.57. The predicted octanol–water partition coefficient (Wildman–Crippen LogP) is -0.0786. The van der Waals surface area contributed by atoms with Crippen molar-refractivity contribution in [3.05, 3.63) is 0 Å². The number of β-amino-alcohol motifs (C(OH)–C–C–N with tert-alkyl or cyclic N) is 1. The van der Waals surface area contributed by atoms with Crippen molar-refractivity contribution in [3.8, 4) is 0 Å². The summed E-state index contributed by atoms with van der Waals surface area (Å²) in [5, 5.41) is 10.0. The van der Waals surface area contributed by atoms with Crippen molar-refractivity contribution >= 4 is 5.91 Å². The number of carbonyl (C=O) groups excluding carboxylic acids is 1. The van der Waals surface area contributed by atoms with E-state index in [-0.39, 0.29) is 11.8 Å². The van der Waals surface area contributed by atoms with Gasteiger partial charge >= 0.3 is 0 Å². The number of nitrogens with zero attached hydrogens (tertiary/aromatic N) is 2. The van der Waals surface area contributed by atoms with Crippen molar-refractivity contribution in [2.45, 2.75) is 25.9 Å². The highest BCUT2D eigenvalue weighted by molar-refractivity contribution is 5.79. The lowest BCUT2D eigenvalue weighted by Gasteiger charge is -2.49. The summed E-state index contributed by atoms with van der Waals surface area (Å²) >= 11 is 0. The molecule has 2 aliphatic heterocycles. The van der Waals surface area contributed by atoms with Gasteiger partial charge in [-0.1, -0.05) is 13.8 Å². The second kappa shape index (κ2) is 3.76. The quantitative estimate of drug-likeness (QED) is 0.711. The number of likely N-dealkylation sites (tertiary alicyclic amines) is 2. The maximum Gasteiger partial charge on any atom is 0.236 e. The zero-order chi connectivity index (χ0) is 11.1. The molecule has 0 bridgehead atoms. The highest BCUT2D eigenvalue weighted by Crippen LogP contribution is 2.28. The van der Waals surface area contributed by atoms with Gasteiger partial charge in [0, 0.05) is 26.2 Å². The van der Waals surface area contributed by atoms with E-state index in [0.29, 0.717) is 19.6 Å². The molecule has 15 heavy (non-hydrogen) atoms. The summed E-state index contributed by atoms with van der Waals surface area (Å²) in [5.74, 6) is 0.486. The molecule has 4 heteroatoms. The second-order valence-electron chi connectivity index (χ2n) is 5.14. The highest BCUT2D eigenvalue weighted by Gasteiger charge is 2.44. The molecule has 0 aromatic rings. The number of hydrogen-bond donors (Lipinski definition) is 1. The van der Waals surface area contributed by atoms with Gasteiger partial charge in [-0.05, 0) is 12.3 Å². The van der Waals surface area contributed by atoms with E-state index >= 15 is 0 Å². The van der Waals surface area contributed by atoms with Gasteiger partial charge in [-0.2, -0.15) is 0 Å². The summed E-state index contributed by atoms with van der Waals surface area (Å²) < 4.78 is 0. The Morgan fingerprint density at radius 3 is 2.40 bits per heavy atom. The predicted molar refractivity (Wildman–Crippen MR) is 57.4 cm³/mol. The Morgan fingerprint density at radius 1 is 1.40 bits per heavy atom. The highest BCUT2D eigenvalue weighted by atomic mass is 16.3. The van der Waals surface area contributed by atoms with Crippen molar-refractivity contribution in [2.24, 2.45) is 5.92 Å². The van der Waals surface area contributed by atoms with Crippen molar-refractivity contribution in [1.82, 2.24) is 9.80 Å². The van der Waals surface area contributed by atoms with Gasteiger partial charge in [0.15, 0.2) is 0 Å². The van der Waals surface area contributed by atoms with Crippen LogP contribution in [0, 0.1) is 5.92 Å². The van der Waals surface area contributed by atoms with Gasteiger partial charge in [-0.25, -0.2) is 0 Å². The Labute approximate surface area is 90.9 Å². The van der Waals surface area contributed by atoms with E-state index in [4.69, 9.17) is 0 Å². The maximum absolute atomic E-state index is 11.6. The summed E-state index contributed by atoms with van der Waals surface area (Å²) in [6.45, 7) is 7.65. The van der Waals surface area contributed by atoms with E-state index in [9.17, 15) is 9.90 Å². The minimum Gasteiger partial charge on any atom is -0.387 e. The van der Waals surface area contributed by atoms with Crippen LogP contribution < -0.4 is 0 Å². The molecule has 0 aromatic carbocycles. The number of amides is 1. The molecule has 0 saturated carbocycles. The molecule has 0 spiro atoms. The largest absolute Gasteiger partial charge is 0.387 e. The van der Waals surface area contributed by atoms with E-state index in [1.807, 2.05) is 23.6 Å². The Kier molecular flexibility index (Phi) is 2.73. The molecule has 2 heterocycles. The molecule has 4 nitrogen and oxygen atoms in total. The Morgan fingerprint density at radius 2 is 2.00 bits per heavy atom. The van der Waals surface area contributed by atoms with Crippen molar-refractivity contribution in [2.75, 3.05) is 32.7 Å². The standard InChI is InChI=1S/C11H20N2O2/c1-9(2)11(15)7-12(8-11)6-10(14)13-4-3-5-13/h9,15H,3-8H2,1-2H3. The van der Waals surface area contributed by atoms with Crippen LogP contribution in [0.15, 0.2) is 0 Å². The van der Waals surface area contributed by atoms with Crippen LogP contribution in [0.25, 0.3) is 0 Å². The number of carbonyl (C=O) groups is 1. The molecule has 1 N–H and O–H groups in total. The lowest BCUT2D eigenvalue weighted by atomic mass is 9.83. The van der Waals surface area contributed by atoms with Gasteiger partial charge in [0.25, 0.3) is 0 Å². The summed E-state index contributed by atoms with van der Waals surface area (Å²) in [7, 11) is 0. The minimum atomic E-state index is -0.560. The average Bonchev–Trinajstić information content (AvgIpc) is 1.96. The fraction of sp³-hybridized carbons (Fsp3) is 0.909. The molecule has 2 saturated heterocycles. The zero-order valence-corrected chi connectivity index (χ0v) is 9.57. The van der Waals surface area contributed by atoms with Crippen molar-refractivity contribution < 1.29 is 9.90 Å². The molecule has 0 atom stereocenters. The van der Waals surface area contributed by atoms with E-state index in [2.05, 4.69) is 0 Å². The summed E-state index contributed by atoms with van der Waals surface area (Å²) in [4.78, 5) is 15.5. The van der Waals surface area contributed by atoms with Crippen molar-refractivity contribution in [3.63, 3.8) is 0 Å². The first-order valence-electron chi connectivity index (χ1n) is 5.74. The van der Waals surface area contributed by atoms with Crippen LogP contribution in [-0.2, 0) is 4.79 Å². The average molecular weight is 212 g/mol. The van der Waals surface area contributed by atoms with Gasteiger partial charge in [-0.3, -0.25) is 9.69 Å². The maximum atomic E-state index is 11.6. The molecule has 0 radical (unpaired) electrons. The first kappa shape index (κ1) is 10.9. The molecular formula is C11H20N2O2. The molecule has 0 unspecified atom stereocenters. The second-order valence-corrected chi connectivity index (χ2v) is 5.14. The topological polar surface area (TPSA) is 43.8 Å². The lowest BCUT2D eigenvalue weighted by molar-refractivity contribution is -0.151. The van der Waals surface area contributed by atoms with Crippen LogP contribution in [0.2, 0.25) is 0 Å². The normalized spacial score (nSPS) is 24.9. The third-order valence-electron chi connectivity index (χ3n) is 3.64. The van der Waals surface area contributed by atoms with Crippen LogP contribution in [0.3, 0.4) is 0 Å². The van der Waals surface area contributed by atoms with Gasteiger partial charge in [-0.15, -0.1) is 0 Å². The van der Waals surface area contributed by atoms with Crippen LogP contribution in [0.4, 0.5) is 0 Å². The summed E-state index contributed by atoms with van der Waals surface area (Å²) in [5.41, 5.74) is -0.560. The molecule has 0 aromatic heterocycles. The molecular weight excluding hydrogens is 192 g/mol. The first-order chi connectivity index (χ1) is 7.01. The number of aliphatic hydroxyl groups is 1. The molecule has 2 rings (SSSR count). The molecule has 0 aliphatic carbocycles. The third kappa shape index (κ3) is 2.01. The Bertz CT molecular complexity index is 255. The first-order valence-corrected chi connectivity index (χ1v) is 5.74. The van der Waals surface area contributed by atoms with E-state index in [1.54, 1.807) is 0 Å². The van der Waals surface area contributed by atoms with Crippen LogP contribution in [0.5, 0.6) is 0 Å². The van der Waals surface area contributed by atoms with Crippen LogP contribution in [-0.4, -0.2) is 59.1 Å². The molecule has 2 fully saturated rings. The monoisotopic (exact) mass is 212 g/mol. The Hall–Kier alpha value is -0.610. The fourth-order valence-corrected chi connectivity index (χ4v) is 2.06. The number of rotatable bonds is 3. The Balaban J connectivity index is 1.73. The fourth-order valence-electron chi connectivity index (χ4n) is 2.06. The van der Waals surface area contributed by atoms with E-state index < -0.39 is 5.60 Å². The summed E-state index contributed by atoms with van der Waals surface area (Å²) in [6.07, 6.45) is 1.14. The molecule has 86 valence electrons. The van der Waals surface area contributed by atoms with Gasteiger partial charge in [0.1, 0.15) is 0 Å². The molecule has 2 aliphatic rings. The van der Waals surface area contributed by atoms with E-state index in [1.165, 1.54) is 0 Å².